The fraction of sp³-hybridized carbons (Fsp3) is 0.643. The molecule has 2 aliphatic heterocycles. The van der Waals surface area contributed by atoms with Crippen molar-refractivity contribution in [2.75, 3.05) is 32.7 Å². The van der Waals surface area contributed by atoms with Gasteiger partial charge in [-0.05, 0) is 12.1 Å². The predicted molar refractivity (Wildman–Crippen MR) is 82.5 cm³/mol. The standard InChI is InChI=1S/C14H18ClF2N3OS/c15-12-2-1-10(22-12)8-19-3-5-20(6-4-19)13(21)11-7-14(16,17)9-18-11/h1-2,11,18H,3-9H2. The highest BCUT2D eigenvalue weighted by atomic mass is 35.5. The molecule has 1 aromatic heterocycles. The number of alkyl halides is 2. The van der Waals surface area contributed by atoms with Crippen LogP contribution in [0.3, 0.4) is 0 Å². The summed E-state index contributed by atoms with van der Waals surface area (Å²) in [5, 5.41) is 2.63. The lowest BCUT2D eigenvalue weighted by molar-refractivity contribution is -0.135. The molecule has 0 spiro atoms. The molecule has 1 N–H and O–H groups in total. The van der Waals surface area contributed by atoms with Crippen LogP contribution in [0.15, 0.2) is 12.1 Å². The largest absolute Gasteiger partial charge is 0.339 e. The maximum atomic E-state index is 13.2. The molecule has 2 aliphatic rings. The minimum atomic E-state index is -2.76. The van der Waals surface area contributed by atoms with Crippen molar-refractivity contribution in [3.8, 4) is 0 Å². The van der Waals surface area contributed by atoms with Gasteiger partial charge in [0.2, 0.25) is 5.91 Å². The van der Waals surface area contributed by atoms with Gasteiger partial charge < -0.3 is 4.90 Å². The first kappa shape index (κ1) is 16.1. The lowest BCUT2D eigenvalue weighted by Gasteiger charge is -2.35. The highest BCUT2D eigenvalue weighted by Gasteiger charge is 2.43. The van der Waals surface area contributed by atoms with Gasteiger partial charge in [0.05, 0.1) is 16.9 Å². The van der Waals surface area contributed by atoms with Gasteiger partial charge in [0.25, 0.3) is 5.92 Å². The second-order valence-corrected chi connectivity index (χ2v) is 7.60. The molecule has 0 bridgehead atoms. The van der Waals surface area contributed by atoms with Crippen LogP contribution in [0.1, 0.15) is 11.3 Å². The maximum absolute atomic E-state index is 13.2. The monoisotopic (exact) mass is 349 g/mol. The molecule has 4 nitrogen and oxygen atoms in total. The van der Waals surface area contributed by atoms with Crippen molar-refractivity contribution >= 4 is 28.8 Å². The summed E-state index contributed by atoms with van der Waals surface area (Å²) >= 11 is 7.48. The van der Waals surface area contributed by atoms with Gasteiger partial charge in [0.1, 0.15) is 0 Å². The molecular formula is C14H18ClF2N3OS. The van der Waals surface area contributed by atoms with E-state index >= 15 is 0 Å². The Labute approximate surface area is 137 Å². The van der Waals surface area contributed by atoms with E-state index in [0.29, 0.717) is 13.1 Å². The van der Waals surface area contributed by atoms with Gasteiger partial charge in [-0.25, -0.2) is 8.78 Å². The fourth-order valence-corrected chi connectivity index (χ4v) is 4.02. The van der Waals surface area contributed by atoms with Crippen LogP contribution in [-0.4, -0.2) is 60.4 Å². The average molecular weight is 350 g/mol. The van der Waals surface area contributed by atoms with E-state index in [9.17, 15) is 13.6 Å². The lowest BCUT2D eigenvalue weighted by Crippen LogP contribution is -2.52. The van der Waals surface area contributed by atoms with Crippen molar-refractivity contribution < 1.29 is 13.6 Å². The summed E-state index contributed by atoms with van der Waals surface area (Å²) in [5.74, 6) is -2.96. The third-order valence-corrected chi connectivity index (χ3v) is 5.32. The smallest absolute Gasteiger partial charge is 0.262 e. The summed E-state index contributed by atoms with van der Waals surface area (Å²) in [6.07, 6.45) is -0.389. The molecule has 0 aliphatic carbocycles. The number of rotatable bonds is 3. The van der Waals surface area contributed by atoms with Crippen molar-refractivity contribution in [3.05, 3.63) is 21.3 Å². The number of amides is 1. The Balaban J connectivity index is 1.48. The summed E-state index contributed by atoms with van der Waals surface area (Å²) in [4.78, 5) is 17.4. The molecule has 8 heteroatoms. The molecule has 1 amide bonds. The molecule has 1 unspecified atom stereocenters. The van der Waals surface area contributed by atoms with Crippen molar-refractivity contribution in [1.82, 2.24) is 15.1 Å². The summed E-state index contributed by atoms with van der Waals surface area (Å²) in [5.41, 5.74) is 0. The highest BCUT2D eigenvalue weighted by molar-refractivity contribution is 7.16. The molecule has 122 valence electrons. The van der Waals surface area contributed by atoms with Crippen molar-refractivity contribution in [2.45, 2.75) is 24.9 Å². The van der Waals surface area contributed by atoms with Crippen LogP contribution < -0.4 is 5.32 Å². The van der Waals surface area contributed by atoms with E-state index in [0.717, 1.165) is 24.0 Å². The zero-order valence-electron chi connectivity index (χ0n) is 12.0. The molecular weight excluding hydrogens is 332 g/mol. The van der Waals surface area contributed by atoms with Gasteiger partial charge in [-0.2, -0.15) is 0 Å². The number of halogens is 3. The molecule has 2 saturated heterocycles. The number of hydrogen-bond donors (Lipinski definition) is 1. The zero-order valence-corrected chi connectivity index (χ0v) is 13.6. The Morgan fingerprint density at radius 2 is 2.09 bits per heavy atom. The van der Waals surface area contributed by atoms with E-state index < -0.39 is 18.5 Å². The van der Waals surface area contributed by atoms with Crippen LogP contribution in [-0.2, 0) is 11.3 Å². The summed E-state index contributed by atoms with van der Waals surface area (Å²) in [6.45, 7) is 3.10. The van der Waals surface area contributed by atoms with Gasteiger partial charge >= 0.3 is 0 Å². The molecule has 3 heterocycles. The van der Waals surface area contributed by atoms with Crippen molar-refractivity contribution in [1.29, 1.82) is 0 Å². The fourth-order valence-electron chi connectivity index (χ4n) is 2.89. The van der Waals surface area contributed by atoms with E-state index in [2.05, 4.69) is 10.2 Å². The first-order valence-corrected chi connectivity index (χ1v) is 8.49. The molecule has 0 saturated carbocycles. The summed E-state index contributed by atoms with van der Waals surface area (Å²) < 4.78 is 27.1. The number of thiophene rings is 1. The van der Waals surface area contributed by atoms with Crippen molar-refractivity contribution in [2.24, 2.45) is 0 Å². The predicted octanol–water partition coefficient (Wildman–Crippen LogP) is 2.04. The average Bonchev–Trinajstić information content (AvgIpc) is 3.04. The first-order valence-electron chi connectivity index (χ1n) is 7.29. The number of nitrogens with one attached hydrogen (secondary N) is 1. The number of piperazine rings is 1. The number of nitrogens with zero attached hydrogens (tertiary/aromatic N) is 2. The minimum absolute atomic E-state index is 0.198. The van der Waals surface area contributed by atoms with Crippen LogP contribution in [0.4, 0.5) is 8.78 Å². The van der Waals surface area contributed by atoms with E-state index in [4.69, 9.17) is 11.6 Å². The molecule has 3 rings (SSSR count). The van der Waals surface area contributed by atoms with Crippen molar-refractivity contribution in [3.63, 3.8) is 0 Å². The lowest BCUT2D eigenvalue weighted by atomic mass is 10.1. The summed E-state index contributed by atoms with van der Waals surface area (Å²) in [7, 11) is 0. The SMILES string of the molecule is O=C(C1CC(F)(F)CN1)N1CCN(Cc2ccc(Cl)s2)CC1. The Bertz CT molecular complexity index is 546. The molecule has 1 aromatic rings. The van der Waals surface area contributed by atoms with Crippen LogP contribution in [0.25, 0.3) is 0 Å². The normalized spacial score (nSPS) is 25.6. The Morgan fingerprint density at radius 3 is 2.64 bits per heavy atom. The third kappa shape index (κ3) is 3.76. The molecule has 2 fully saturated rings. The second kappa shape index (κ2) is 6.39. The van der Waals surface area contributed by atoms with Gasteiger partial charge in [0, 0.05) is 44.0 Å². The van der Waals surface area contributed by atoms with Crippen LogP contribution in [0.5, 0.6) is 0 Å². The minimum Gasteiger partial charge on any atom is -0.339 e. The number of carbonyl (C=O) groups is 1. The Kier molecular flexibility index (Phi) is 4.68. The number of hydrogen-bond acceptors (Lipinski definition) is 4. The van der Waals surface area contributed by atoms with Gasteiger partial charge in [-0.3, -0.25) is 15.0 Å². The van der Waals surface area contributed by atoms with E-state index in [1.54, 1.807) is 16.2 Å². The Morgan fingerprint density at radius 1 is 1.36 bits per heavy atom. The first-order chi connectivity index (χ1) is 10.4. The quantitative estimate of drug-likeness (QED) is 0.907. The Hall–Kier alpha value is -0.760. The van der Waals surface area contributed by atoms with Crippen LogP contribution in [0.2, 0.25) is 4.34 Å². The van der Waals surface area contributed by atoms with E-state index in [1.165, 1.54) is 4.88 Å². The van der Waals surface area contributed by atoms with Gasteiger partial charge in [0.15, 0.2) is 0 Å². The summed E-state index contributed by atoms with van der Waals surface area (Å²) in [6, 6.07) is 3.15. The maximum Gasteiger partial charge on any atom is 0.262 e. The molecule has 0 aromatic carbocycles. The molecule has 0 radical (unpaired) electrons. The van der Waals surface area contributed by atoms with Crippen LogP contribution in [0, 0.1) is 0 Å². The van der Waals surface area contributed by atoms with Gasteiger partial charge in [-0.15, -0.1) is 11.3 Å². The van der Waals surface area contributed by atoms with E-state index in [1.807, 2.05) is 12.1 Å². The molecule has 1 atom stereocenters. The number of carbonyl (C=O) groups excluding carboxylic acids is 1. The zero-order chi connectivity index (χ0) is 15.7. The van der Waals surface area contributed by atoms with Gasteiger partial charge in [-0.1, -0.05) is 11.6 Å². The van der Waals surface area contributed by atoms with Crippen LogP contribution >= 0.6 is 22.9 Å². The third-order valence-electron chi connectivity index (χ3n) is 4.10. The topological polar surface area (TPSA) is 35.6 Å². The molecule has 22 heavy (non-hydrogen) atoms. The van der Waals surface area contributed by atoms with E-state index in [-0.39, 0.29) is 12.3 Å². The highest BCUT2D eigenvalue weighted by Crippen LogP contribution is 2.26. The second-order valence-electron chi connectivity index (χ2n) is 5.80.